The Bertz CT molecular complexity index is 879. The minimum absolute atomic E-state index is 0.106. The van der Waals surface area contributed by atoms with Crippen LogP contribution in [0.4, 0.5) is 5.82 Å². The molecule has 1 N–H and O–H groups in total. The Balaban J connectivity index is 1.41. The topological polar surface area (TPSA) is 91.1 Å². The quantitative estimate of drug-likeness (QED) is 0.773. The Morgan fingerprint density at radius 2 is 2.04 bits per heavy atom. The highest BCUT2D eigenvalue weighted by Gasteiger charge is 2.22. The van der Waals surface area contributed by atoms with Gasteiger partial charge in [0.1, 0.15) is 11.8 Å². The normalized spacial score (nSPS) is 14.4. The minimum atomic E-state index is -0.200. The van der Waals surface area contributed by atoms with E-state index >= 15 is 0 Å². The number of carbonyl (C=O) groups is 1. The van der Waals surface area contributed by atoms with Crippen LogP contribution >= 0.6 is 23.2 Å². The second-order valence-electron chi connectivity index (χ2n) is 6.44. The molecule has 2 heterocycles. The van der Waals surface area contributed by atoms with Gasteiger partial charge in [-0.05, 0) is 37.0 Å². The van der Waals surface area contributed by atoms with Gasteiger partial charge in [0.2, 0.25) is 0 Å². The summed E-state index contributed by atoms with van der Waals surface area (Å²) in [6, 6.07) is 6.93. The first kappa shape index (κ1) is 20.2. The number of anilines is 1. The van der Waals surface area contributed by atoms with Crippen molar-refractivity contribution in [3.8, 4) is 11.8 Å². The van der Waals surface area contributed by atoms with Crippen LogP contribution in [0.5, 0.6) is 5.75 Å². The highest BCUT2D eigenvalue weighted by atomic mass is 35.5. The molecule has 1 fully saturated rings. The predicted octanol–water partition coefficient (Wildman–Crippen LogP) is 3.07. The smallest absolute Gasteiger partial charge is 0.257 e. The molecule has 1 aromatic carbocycles. The van der Waals surface area contributed by atoms with E-state index < -0.39 is 0 Å². The molecule has 0 radical (unpaired) electrons. The average Bonchev–Trinajstić information content (AvgIpc) is 2.72. The number of benzene rings is 1. The van der Waals surface area contributed by atoms with Crippen LogP contribution in [0.3, 0.4) is 0 Å². The lowest BCUT2D eigenvalue weighted by atomic mass is 9.96. The van der Waals surface area contributed by atoms with E-state index in [1.54, 1.807) is 24.4 Å². The van der Waals surface area contributed by atoms with Gasteiger partial charge in [0.25, 0.3) is 5.91 Å². The summed E-state index contributed by atoms with van der Waals surface area (Å²) in [6.07, 6.45) is 4.90. The number of hydrogen-bond acceptors (Lipinski definition) is 6. The fourth-order valence-electron chi connectivity index (χ4n) is 3.03. The first-order chi connectivity index (χ1) is 13.6. The monoisotopic (exact) mass is 419 g/mol. The Kier molecular flexibility index (Phi) is 6.90. The van der Waals surface area contributed by atoms with Gasteiger partial charge in [-0.2, -0.15) is 5.26 Å². The van der Waals surface area contributed by atoms with Crippen molar-refractivity contribution in [1.82, 2.24) is 15.3 Å². The van der Waals surface area contributed by atoms with Crippen molar-refractivity contribution in [2.24, 2.45) is 5.92 Å². The van der Waals surface area contributed by atoms with E-state index in [4.69, 9.17) is 33.2 Å². The van der Waals surface area contributed by atoms with Gasteiger partial charge < -0.3 is 15.0 Å². The number of nitrogens with one attached hydrogen (secondary N) is 1. The van der Waals surface area contributed by atoms with Crippen LogP contribution in [-0.4, -0.2) is 42.1 Å². The zero-order chi connectivity index (χ0) is 19.9. The van der Waals surface area contributed by atoms with Crippen molar-refractivity contribution in [3.63, 3.8) is 0 Å². The number of hydrogen-bond donors (Lipinski definition) is 1. The maximum absolute atomic E-state index is 12.0. The van der Waals surface area contributed by atoms with Gasteiger partial charge >= 0.3 is 0 Å². The molecular formula is C19H19Cl2N5O2. The summed E-state index contributed by atoms with van der Waals surface area (Å²) in [7, 11) is 0. The van der Waals surface area contributed by atoms with Crippen LogP contribution in [0, 0.1) is 17.2 Å². The van der Waals surface area contributed by atoms with Gasteiger partial charge in [0, 0.05) is 37.1 Å². The van der Waals surface area contributed by atoms with Crippen LogP contribution in [0.15, 0.2) is 30.6 Å². The molecule has 28 heavy (non-hydrogen) atoms. The minimum Gasteiger partial charge on any atom is -0.482 e. The van der Waals surface area contributed by atoms with Crippen LogP contribution in [0.2, 0.25) is 10.0 Å². The number of rotatable bonds is 6. The van der Waals surface area contributed by atoms with Gasteiger partial charge in [0.15, 0.2) is 18.1 Å². The maximum Gasteiger partial charge on any atom is 0.257 e. The number of nitrogens with zero attached hydrogens (tertiary/aromatic N) is 4. The predicted molar refractivity (Wildman–Crippen MR) is 107 cm³/mol. The molecule has 146 valence electrons. The van der Waals surface area contributed by atoms with Crippen molar-refractivity contribution in [2.45, 2.75) is 12.8 Å². The molecule has 0 bridgehead atoms. The second kappa shape index (κ2) is 9.58. The van der Waals surface area contributed by atoms with E-state index in [1.165, 1.54) is 6.20 Å². The summed E-state index contributed by atoms with van der Waals surface area (Å²) in [5.41, 5.74) is 0.340. The highest BCUT2D eigenvalue weighted by Crippen LogP contribution is 2.27. The lowest BCUT2D eigenvalue weighted by Gasteiger charge is -2.32. The number of amides is 1. The maximum atomic E-state index is 12.0. The standard InChI is InChI=1S/C19H19Cl2N5O2/c20-14-1-2-17(15(21)9-14)28-12-18(27)25-11-13-3-7-26(8-4-13)19-16(10-22)23-5-6-24-19/h1-2,5-6,9,13H,3-4,7-8,11-12H2,(H,25,27). The molecule has 1 aromatic heterocycles. The number of nitriles is 1. The Morgan fingerprint density at radius 3 is 2.75 bits per heavy atom. The molecule has 0 saturated carbocycles. The number of halogens is 2. The van der Waals surface area contributed by atoms with Crippen LogP contribution in [-0.2, 0) is 4.79 Å². The van der Waals surface area contributed by atoms with E-state index in [0.29, 0.717) is 39.8 Å². The van der Waals surface area contributed by atoms with Crippen molar-refractivity contribution < 1.29 is 9.53 Å². The summed E-state index contributed by atoms with van der Waals surface area (Å²) in [5, 5.41) is 12.9. The van der Waals surface area contributed by atoms with Crippen LogP contribution in [0.25, 0.3) is 0 Å². The molecule has 9 heteroatoms. The van der Waals surface area contributed by atoms with Gasteiger partial charge in [-0.1, -0.05) is 23.2 Å². The van der Waals surface area contributed by atoms with Crippen molar-refractivity contribution in [2.75, 3.05) is 31.1 Å². The zero-order valence-electron chi connectivity index (χ0n) is 15.1. The van der Waals surface area contributed by atoms with Crippen molar-refractivity contribution in [1.29, 1.82) is 5.26 Å². The van der Waals surface area contributed by atoms with E-state index in [9.17, 15) is 4.79 Å². The van der Waals surface area contributed by atoms with E-state index in [2.05, 4.69) is 26.3 Å². The summed E-state index contributed by atoms with van der Waals surface area (Å²) in [6.45, 7) is 2.01. The van der Waals surface area contributed by atoms with Crippen molar-refractivity contribution in [3.05, 3.63) is 46.3 Å². The molecule has 0 aliphatic carbocycles. The first-order valence-corrected chi connectivity index (χ1v) is 9.63. The number of piperidine rings is 1. The SMILES string of the molecule is N#Cc1nccnc1N1CCC(CNC(=O)COc2ccc(Cl)cc2Cl)CC1. The summed E-state index contributed by atoms with van der Waals surface area (Å²) >= 11 is 11.9. The molecule has 2 aromatic rings. The fraction of sp³-hybridized carbons (Fsp3) is 0.368. The number of carbonyl (C=O) groups excluding carboxylic acids is 1. The molecule has 1 saturated heterocycles. The molecule has 1 aliphatic rings. The van der Waals surface area contributed by atoms with E-state index in [-0.39, 0.29) is 12.5 Å². The number of aromatic nitrogens is 2. The molecule has 1 aliphatic heterocycles. The summed E-state index contributed by atoms with van der Waals surface area (Å²) in [4.78, 5) is 22.4. The Labute approximate surface area is 173 Å². The van der Waals surface area contributed by atoms with Gasteiger partial charge in [-0.15, -0.1) is 0 Å². The Morgan fingerprint density at radius 1 is 1.29 bits per heavy atom. The molecule has 0 unspecified atom stereocenters. The highest BCUT2D eigenvalue weighted by molar-refractivity contribution is 6.35. The molecule has 3 rings (SSSR count). The van der Waals surface area contributed by atoms with Crippen LogP contribution in [0.1, 0.15) is 18.5 Å². The van der Waals surface area contributed by atoms with Crippen molar-refractivity contribution >= 4 is 34.9 Å². The largest absolute Gasteiger partial charge is 0.482 e. The molecule has 0 spiro atoms. The molecule has 0 atom stereocenters. The third-order valence-electron chi connectivity index (χ3n) is 4.54. The zero-order valence-corrected chi connectivity index (χ0v) is 16.6. The van der Waals surface area contributed by atoms with E-state index in [0.717, 1.165) is 25.9 Å². The van der Waals surface area contributed by atoms with Gasteiger partial charge in [0.05, 0.1) is 5.02 Å². The molecule has 1 amide bonds. The third kappa shape index (κ3) is 5.24. The molecular weight excluding hydrogens is 401 g/mol. The molecule has 7 nitrogen and oxygen atoms in total. The van der Waals surface area contributed by atoms with Crippen LogP contribution < -0.4 is 15.0 Å². The summed E-state index contributed by atoms with van der Waals surface area (Å²) in [5.74, 6) is 1.21. The number of ether oxygens (including phenoxy) is 1. The van der Waals surface area contributed by atoms with Gasteiger partial charge in [-0.25, -0.2) is 9.97 Å². The lowest BCUT2D eigenvalue weighted by molar-refractivity contribution is -0.123. The fourth-order valence-corrected chi connectivity index (χ4v) is 3.50. The van der Waals surface area contributed by atoms with Gasteiger partial charge in [-0.3, -0.25) is 4.79 Å². The van der Waals surface area contributed by atoms with E-state index in [1.807, 2.05) is 0 Å². The lowest BCUT2D eigenvalue weighted by Crippen LogP contribution is -2.40. The first-order valence-electron chi connectivity index (χ1n) is 8.87. The summed E-state index contributed by atoms with van der Waals surface area (Å²) < 4.78 is 5.44. The third-order valence-corrected chi connectivity index (χ3v) is 5.07. The Hall–Kier alpha value is -2.56. The average molecular weight is 420 g/mol. The second-order valence-corrected chi connectivity index (χ2v) is 7.28.